The van der Waals surface area contributed by atoms with Gasteiger partial charge in [-0.15, -0.1) is 11.3 Å². The summed E-state index contributed by atoms with van der Waals surface area (Å²) in [4.78, 5) is 10.4. The van der Waals surface area contributed by atoms with Crippen molar-refractivity contribution in [3.8, 4) is 11.5 Å². The third kappa shape index (κ3) is 5.63. The number of hydrogen-bond acceptors (Lipinski definition) is 5. The van der Waals surface area contributed by atoms with E-state index in [1.165, 1.54) is 4.88 Å². The average Bonchev–Trinajstić information content (AvgIpc) is 2.91. The normalized spacial score (nSPS) is 11.4. The standard InChI is InChI=1S/C18H26N4O2S/c1-5-19-18(21-11-17-22-12(3)13(4)25-17)20-10-14-7-8-15(23)16(9-14)24-6-2/h7-9,23H,5-6,10-11H2,1-4H3,(H2,19,20,21). The highest BCUT2D eigenvalue weighted by molar-refractivity contribution is 7.11. The molecule has 0 unspecified atom stereocenters. The molecule has 0 radical (unpaired) electrons. The number of hydrogen-bond donors (Lipinski definition) is 3. The minimum absolute atomic E-state index is 0.147. The van der Waals surface area contributed by atoms with Crippen molar-refractivity contribution >= 4 is 17.3 Å². The van der Waals surface area contributed by atoms with E-state index in [9.17, 15) is 5.11 Å². The fourth-order valence-corrected chi connectivity index (χ4v) is 3.09. The predicted octanol–water partition coefficient (Wildman–Crippen LogP) is 3.12. The number of aryl methyl sites for hydroxylation is 2. The van der Waals surface area contributed by atoms with Crippen LogP contribution in [0.1, 0.15) is 35.0 Å². The van der Waals surface area contributed by atoms with Gasteiger partial charge in [0.2, 0.25) is 0 Å². The Morgan fingerprint density at radius 2 is 2.08 bits per heavy atom. The fourth-order valence-electron chi connectivity index (χ4n) is 2.21. The first-order valence-electron chi connectivity index (χ1n) is 8.43. The van der Waals surface area contributed by atoms with Crippen LogP contribution in [0.15, 0.2) is 23.2 Å². The van der Waals surface area contributed by atoms with Crippen molar-refractivity contribution in [1.82, 2.24) is 15.6 Å². The maximum atomic E-state index is 9.77. The number of thiazole rings is 1. The van der Waals surface area contributed by atoms with E-state index in [-0.39, 0.29) is 5.75 Å². The number of phenols is 1. The van der Waals surface area contributed by atoms with Gasteiger partial charge < -0.3 is 20.5 Å². The summed E-state index contributed by atoms with van der Waals surface area (Å²) in [6.07, 6.45) is 0. The highest BCUT2D eigenvalue weighted by atomic mass is 32.1. The van der Waals surface area contributed by atoms with E-state index in [1.807, 2.05) is 32.9 Å². The Kier molecular flexibility index (Phi) is 7.06. The summed E-state index contributed by atoms with van der Waals surface area (Å²) in [5.41, 5.74) is 2.05. The number of nitrogens with zero attached hydrogens (tertiary/aromatic N) is 2. The van der Waals surface area contributed by atoms with E-state index in [0.29, 0.717) is 25.4 Å². The number of phenolic OH excluding ortho intramolecular Hbond substituents is 1. The van der Waals surface area contributed by atoms with E-state index >= 15 is 0 Å². The lowest BCUT2D eigenvalue weighted by molar-refractivity contribution is 0.318. The number of aliphatic imine (C=N–C) groups is 1. The summed E-state index contributed by atoms with van der Waals surface area (Å²) < 4.78 is 5.41. The van der Waals surface area contributed by atoms with E-state index in [4.69, 9.17) is 4.74 Å². The Morgan fingerprint density at radius 3 is 2.72 bits per heavy atom. The van der Waals surface area contributed by atoms with Gasteiger partial charge in [-0.2, -0.15) is 0 Å². The van der Waals surface area contributed by atoms with Crippen LogP contribution in [0, 0.1) is 13.8 Å². The van der Waals surface area contributed by atoms with Crippen molar-refractivity contribution < 1.29 is 9.84 Å². The van der Waals surface area contributed by atoms with Crippen LogP contribution in [-0.4, -0.2) is 29.2 Å². The fraction of sp³-hybridized carbons (Fsp3) is 0.444. The summed E-state index contributed by atoms with van der Waals surface area (Å²) in [5, 5.41) is 17.4. The predicted molar refractivity (Wildman–Crippen MR) is 103 cm³/mol. The molecule has 0 fully saturated rings. The lowest BCUT2D eigenvalue weighted by Crippen LogP contribution is -2.36. The molecule has 136 valence electrons. The number of aromatic nitrogens is 1. The Balaban J connectivity index is 2.02. The zero-order valence-electron chi connectivity index (χ0n) is 15.2. The van der Waals surface area contributed by atoms with Crippen molar-refractivity contribution in [2.24, 2.45) is 4.99 Å². The van der Waals surface area contributed by atoms with Gasteiger partial charge >= 0.3 is 0 Å². The first kappa shape index (κ1) is 19.1. The molecular formula is C18H26N4O2S. The van der Waals surface area contributed by atoms with Crippen LogP contribution < -0.4 is 15.4 Å². The van der Waals surface area contributed by atoms with Crippen LogP contribution in [0.3, 0.4) is 0 Å². The molecule has 2 rings (SSSR count). The second-order valence-electron chi connectivity index (χ2n) is 5.53. The quantitative estimate of drug-likeness (QED) is 0.521. The molecule has 0 aliphatic rings. The zero-order chi connectivity index (χ0) is 18.2. The number of aromatic hydroxyl groups is 1. The van der Waals surface area contributed by atoms with Crippen molar-refractivity contribution in [2.45, 2.75) is 40.8 Å². The van der Waals surface area contributed by atoms with Crippen LogP contribution in [0.2, 0.25) is 0 Å². The van der Waals surface area contributed by atoms with Crippen LogP contribution in [0.4, 0.5) is 0 Å². The molecule has 0 bridgehead atoms. The number of rotatable bonds is 7. The molecule has 25 heavy (non-hydrogen) atoms. The highest BCUT2D eigenvalue weighted by Gasteiger charge is 2.06. The molecule has 1 aromatic carbocycles. The first-order valence-corrected chi connectivity index (χ1v) is 9.24. The van der Waals surface area contributed by atoms with Gasteiger partial charge in [-0.1, -0.05) is 6.07 Å². The van der Waals surface area contributed by atoms with Crippen molar-refractivity contribution in [3.05, 3.63) is 39.3 Å². The molecule has 3 N–H and O–H groups in total. The van der Waals surface area contributed by atoms with Crippen LogP contribution in [0.25, 0.3) is 0 Å². The Morgan fingerprint density at radius 1 is 1.28 bits per heavy atom. The van der Waals surface area contributed by atoms with Gasteiger partial charge in [0.15, 0.2) is 17.5 Å². The van der Waals surface area contributed by atoms with Gasteiger partial charge in [0.1, 0.15) is 5.01 Å². The summed E-state index contributed by atoms with van der Waals surface area (Å²) in [5.74, 6) is 1.37. The second kappa shape index (κ2) is 9.27. The van der Waals surface area contributed by atoms with Gasteiger partial charge in [-0.3, -0.25) is 0 Å². The summed E-state index contributed by atoms with van der Waals surface area (Å²) in [7, 11) is 0. The van der Waals surface area contributed by atoms with Crippen LogP contribution in [0.5, 0.6) is 11.5 Å². The summed E-state index contributed by atoms with van der Waals surface area (Å²) >= 11 is 1.70. The monoisotopic (exact) mass is 362 g/mol. The second-order valence-corrected chi connectivity index (χ2v) is 6.82. The summed E-state index contributed by atoms with van der Waals surface area (Å²) in [6, 6.07) is 5.30. The lowest BCUT2D eigenvalue weighted by Gasteiger charge is -2.11. The molecule has 0 aliphatic carbocycles. The minimum Gasteiger partial charge on any atom is -0.504 e. The molecule has 1 heterocycles. The lowest BCUT2D eigenvalue weighted by atomic mass is 10.2. The molecule has 0 spiro atoms. The molecule has 7 heteroatoms. The van der Waals surface area contributed by atoms with Crippen LogP contribution in [-0.2, 0) is 13.1 Å². The molecule has 2 aromatic rings. The van der Waals surface area contributed by atoms with Gasteiger partial charge in [-0.05, 0) is 45.4 Å². The third-order valence-corrected chi connectivity index (χ3v) is 4.64. The maximum Gasteiger partial charge on any atom is 0.191 e. The van der Waals surface area contributed by atoms with Crippen molar-refractivity contribution in [1.29, 1.82) is 0 Å². The Labute approximate surface area is 153 Å². The van der Waals surface area contributed by atoms with Crippen molar-refractivity contribution in [3.63, 3.8) is 0 Å². The average molecular weight is 362 g/mol. The molecule has 0 saturated carbocycles. The van der Waals surface area contributed by atoms with E-state index in [2.05, 4.69) is 27.5 Å². The van der Waals surface area contributed by atoms with Gasteiger partial charge in [0, 0.05) is 11.4 Å². The molecule has 0 saturated heterocycles. The largest absolute Gasteiger partial charge is 0.504 e. The molecular weight excluding hydrogens is 336 g/mol. The smallest absolute Gasteiger partial charge is 0.191 e. The number of nitrogens with one attached hydrogen (secondary N) is 2. The SMILES string of the molecule is CCNC(=NCc1ccc(O)c(OCC)c1)NCc1nc(C)c(C)s1. The van der Waals surface area contributed by atoms with E-state index in [0.717, 1.165) is 28.8 Å². The topological polar surface area (TPSA) is 78.8 Å². The molecule has 0 atom stereocenters. The molecule has 0 amide bonds. The first-order chi connectivity index (χ1) is 12.0. The van der Waals surface area contributed by atoms with Crippen LogP contribution >= 0.6 is 11.3 Å². The van der Waals surface area contributed by atoms with Gasteiger partial charge in [0.25, 0.3) is 0 Å². The van der Waals surface area contributed by atoms with Gasteiger partial charge in [-0.25, -0.2) is 9.98 Å². The summed E-state index contributed by atoms with van der Waals surface area (Å²) in [6.45, 7) is 10.4. The number of benzene rings is 1. The number of ether oxygens (including phenoxy) is 1. The molecule has 1 aromatic heterocycles. The molecule has 6 nitrogen and oxygen atoms in total. The Hall–Kier alpha value is -2.28. The molecule has 0 aliphatic heterocycles. The minimum atomic E-state index is 0.147. The highest BCUT2D eigenvalue weighted by Crippen LogP contribution is 2.27. The zero-order valence-corrected chi connectivity index (χ0v) is 16.0. The maximum absolute atomic E-state index is 9.77. The van der Waals surface area contributed by atoms with E-state index in [1.54, 1.807) is 17.4 Å². The van der Waals surface area contributed by atoms with Gasteiger partial charge in [0.05, 0.1) is 25.4 Å². The van der Waals surface area contributed by atoms with E-state index < -0.39 is 0 Å². The van der Waals surface area contributed by atoms with Crippen molar-refractivity contribution in [2.75, 3.05) is 13.2 Å². The number of guanidine groups is 1. The Bertz CT molecular complexity index is 708. The third-order valence-electron chi connectivity index (χ3n) is 3.57.